The number of phosphoric ester groups is 1. The first-order valence-electron chi connectivity index (χ1n) is 9.53. The van der Waals surface area contributed by atoms with E-state index in [4.69, 9.17) is 4.74 Å². The fraction of sp³-hybridized carbons (Fsp3) is 0.688. The van der Waals surface area contributed by atoms with E-state index in [1.165, 1.54) is 22.7 Å². The van der Waals surface area contributed by atoms with E-state index in [2.05, 4.69) is 24.8 Å². The Hall–Kier alpha value is 1.04. The molecule has 0 unspecified atom stereocenters. The summed E-state index contributed by atoms with van der Waals surface area (Å²) in [6.07, 6.45) is -0.877. The van der Waals surface area contributed by atoms with Gasteiger partial charge in [0.15, 0.2) is 28.4 Å². The average Bonchev–Trinajstić information content (AvgIpc) is 3.26. The van der Waals surface area contributed by atoms with Gasteiger partial charge >= 0.3 is 59.1 Å². The van der Waals surface area contributed by atoms with Crippen molar-refractivity contribution in [1.82, 2.24) is 19.5 Å². The van der Waals surface area contributed by atoms with E-state index in [1.807, 2.05) is 13.2 Å². The number of fused-ring (bicyclic) bond motifs is 1. The van der Waals surface area contributed by atoms with Crippen LogP contribution in [0.15, 0.2) is 11.5 Å². The SMILES string of the molecule is CCCSc1nc(NCCSC)c2ncn([C@@H]3O[C@H](COP(=O)([O-])[O-])[C@@H](O)[C@H]3O)c2n1.[Na+].[Na+]. The molecule has 1 saturated heterocycles. The predicted molar refractivity (Wildman–Crippen MR) is 113 cm³/mol. The first-order valence-corrected chi connectivity index (χ1v) is 13.4. The maximum atomic E-state index is 10.7. The summed E-state index contributed by atoms with van der Waals surface area (Å²) in [7, 11) is -5.25. The van der Waals surface area contributed by atoms with Gasteiger partial charge < -0.3 is 39.1 Å². The van der Waals surface area contributed by atoms with E-state index in [0.29, 0.717) is 28.7 Å². The molecule has 0 bridgehead atoms. The summed E-state index contributed by atoms with van der Waals surface area (Å²) in [5.74, 6) is 2.23. The zero-order valence-corrected chi connectivity index (χ0v) is 25.4. The van der Waals surface area contributed by atoms with Crippen LogP contribution in [0.2, 0.25) is 0 Å². The van der Waals surface area contributed by atoms with Gasteiger partial charge in [0.2, 0.25) is 0 Å². The first kappa shape index (κ1) is 32.1. The molecular formula is C16H24N5Na2O7PS2. The average molecular weight is 539 g/mol. The number of anilines is 1. The minimum atomic E-state index is -5.25. The molecule has 2 aromatic rings. The second-order valence-corrected chi connectivity index (χ2v) is 9.94. The molecule has 1 aliphatic rings. The van der Waals surface area contributed by atoms with Crippen molar-refractivity contribution in [3.8, 4) is 0 Å². The van der Waals surface area contributed by atoms with Crippen LogP contribution in [-0.2, 0) is 13.8 Å². The molecule has 174 valence electrons. The summed E-state index contributed by atoms with van der Waals surface area (Å²) < 4.78 is 22.0. The van der Waals surface area contributed by atoms with Crippen LogP contribution >= 0.6 is 31.3 Å². The molecule has 17 heteroatoms. The van der Waals surface area contributed by atoms with Crippen LogP contribution in [0, 0.1) is 0 Å². The van der Waals surface area contributed by atoms with E-state index < -0.39 is 39.0 Å². The summed E-state index contributed by atoms with van der Waals surface area (Å²) in [5, 5.41) is 24.5. The number of thioether (sulfide) groups is 2. The van der Waals surface area contributed by atoms with E-state index >= 15 is 0 Å². The number of aliphatic hydroxyl groups is 2. The van der Waals surface area contributed by atoms with Gasteiger partial charge in [-0.3, -0.25) is 4.57 Å². The Morgan fingerprint density at radius 3 is 2.64 bits per heavy atom. The summed E-state index contributed by atoms with van der Waals surface area (Å²) in [4.78, 5) is 34.9. The summed E-state index contributed by atoms with van der Waals surface area (Å²) in [6, 6.07) is 0. The number of aromatic nitrogens is 4. The summed E-state index contributed by atoms with van der Waals surface area (Å²) in [6.45, 7) is 2.01. The van der Waals surface area contributed by atoms with E-state index in [0.717, 1.165) is 17.9 Å². The molecule has 33 heavy (non-hydrogen) atoms. The Bertz CT molecular complexity index is 940. The molecule has 1 fully saturated rings. The molecule has 1 aliphatic heterocycles. The number of imidazole rings is 1. The van der Waals surface area contributed by atoms with Crippen LogP contribution < -0.4 is 74.2 Å². The van der Waals surface area contributed by atoms with Gasteiger partial charge in [0.05, 0.1) is 20.8 Å². The number of rotatable bonds is 11. The third-order valence-electron chi connectivity index (χ3n) is 4.44. The van der Waals surface area contributed by atoms with Gasteiger partial charge in [-0.2, -0.15) is 11.8 Å². The second-order valence-electron chi connectivity index (χ2n) is 6.74. The molecule has 4 atom stereocenters. The number of phosphoric acid groups is 1. The van der Waals surface area contributed by atoms with Crippen LogP contribution in [0.4, 0.5) is 5.82 Å². The number of hydrogen-bond donors (Lipinski definition) is 3. The largest absolute Gasteiger partial charge is 1.00 e. The van der Waals surface area contributed by atoms with Crippen LogP contribution in [0.25, 0.3) is 11.2 Å². The van der Waals surface area contributed by atoms with E-state index in [9.17, 15) is 24.6 Å². The van der Waals surface area contributed by atoms with E-state index in [1.54, 1.807) is 11.8 Å². The van der Waals surface area contributed by atoms with Gasteiger partial charge in [-0.15, -0.1) is 0 Å². The fourth-order valence-electron chi connectivity index (χ4n) is 3.00. The number of nitrogens with zero attached hydrogens (tertiary/aromatic N) is 4. The zero-order valence-electron chi connectivity index (χ0n) is 18.9. The molecule has 0 saturated carbocycles. The first-order chi connectivity index (χ1) is 14.7. The monoisotopic (exact) mass is 539 g/mol. The summed E-state index contributed by atoms with van der Waals surface area (Å²) >= 11 is 3.16. The fourth-order valence-corrected chi connectivity index (χ4v) is 4.33. The maximum Gasteiger partial charge on any atom is 1.00 e. The molecule has 0 amide bonds. The second kappa shape index (κ2) is 14.7. The Labute approximate surface area is 244 Å². The van der Waals surface area contributed by atoms with Crippen molar-refractivity contribution >= 4 is 48.3 Å². The van der Waals surface area contributed by atoms with Crippen molar-refractivity contribution in [2.75, 3.05) is 36.2 Å². The van der Waals surface area contributed by atoms with Crippen molar-refractivity contribution in [2.24, 2.45) is 0 Å². The van der Waals surface area contributed by atoms with Gasteiger partial charge in [-0.25, -0.2) is 15.0 Å². The third-order valence-corrected chi connectivity index (χ3v) is 6.57. The maximum absolute atomic E-state index is 10.7. The molecular weight excluding hydrogens is 515 g/mol. The van der Waals surface area contributed by atoms with Gasteiger partial charge in [0.1, 0.15) is 18.3 Å². The number of aliphatic hydroxyl groups excluding tert-OH is 2. The van der Waals surface area contributed by atoms with Crippen LogP contribution in [0.3, 0.4) is 0 Å². The molecule has 2 aromatic heterocycles. The molecule has 3 N–H and O–H groups in total. The van der Waals surface area contributed by atoms with Crippen LogP contribution in [-0.4, -0.2) is 79.0 Å². The van der Waals surface area contributed by atoms with Crippen molar-refractivity contribution < 1.29 is 92.9 Å². The van der Waals surface area contributed by atoms with Gasteiger partial charge in [-0.05, 0) is 12.7 Å². The van der Waals surface area contributed by atoms with Crippen LogP contribution in [0.5, 0.6) is 0 Å². The molecule has 3 rings (SSSR count). The van der Waals surface area contributed by atoms with Crippen molar-refractivity contribution in [2.45, 2.75) is 43.0 Å². The number of ether oxygens (including phenoxy) is 1. The third kappa shape index (κ3) is 8.54. The quantitative estimate of drug-likeness (QED) is 0.0808. The molecule has 12 nitrogen and oxygen atoms in total. The molecule has 0 aromatic carbocycles. The molecule has 0 aliphatic carbocycles. The zero-order chi connectivity index (χ0) is 22.6. The normalized spacial score (nSPS) is 22.7. The Morgan fingerprint density at radius 2 is 2.00 bits per heavy atom. The van der Waals surface area contributed by atoms with Crippen molar-refractivity contribution in [1.29, 1.82) is 0 Å². The smallest absolute Gasteiger partial charge is 0.790 e. The van der Waals surface area contributed by atoms with Crippen molar-refractivity contribution in [3.63, 3.8) is 0 Å². The molecule has 0 radical (unpaired) electrons. The summed E-state index contributed by atoms with van der Waals surface area (Å²) in [5.41, 5.74) is 0.854. The topological polar surface area (TPSA) is 178 Å². The predicted octanol–water partition coefficient (Wildman–Crippen LogP) is -6.42. The van der Waals surface area contributed by atoms with Gasteiger partial charge in [-0.1, -0.05) is 18.7 Å². The minimum absolute atomic E-state index is 0. The Morgan fingerprint density at radius 1 is 1.27 bits per heavy atom. The number of nitrogens with one attached hydrogen (secondary N) is 1. The molecule has 3 heterocycles. The van der Waals surface area contributed by atoms with Crippen LogP contribution in [0.1, 0.15) is 19.6 Å². The molecule has 0 spiro atoms. The van der Waals surface area contributed by atoms with Gasteiger partial charge in [0.25, 0.3) is 0 Å². The minimum Gasteiger partial charge on any atom is -0.790 e. The Kier molecular flexibility index (Phi) is 14.3. The van der Waals surface area contributed by atoms with Crippen molar-refractivity contribution in [3.05, 3.63) is 6.33 Å². The van der Waals surface area contributed by atoms with Gasteiger partial charge in [0, 0.05) is 18.1 Å². The van der Waals surface area contributed by atoms with E-state index in [-0.39, 0.29) is 59.1 Å². The standard InChI is InChI=1S/C16H26N5O7PS2.2Na/c1-3-5-31-16-19-13(17-4-6-30-2)10-14(20-16)21(8-18-10)15-12(23)11(22)9(28-15)7-27-29(24,25)26;;/h8-9,11-12,15,22-23H,3-7H2,1-2H3,(H,17,19,20)(H2,24,25,26);;/q;2*+1/p-2/t9-,11-,12-,15-;;/m1../s1. The Balaban J connectivity index is 0.00000272. The number of hydrogen-bond acceptors (Lipinski definition) is 13.